The predicted octanol–water partition coefficient (Wildman–Crippen LogP) is 4.56. The number of piperidine rings is 1. The number of nitrogens with one attached hydrogen (secondary N) is 1. The van der Waals surface area contributed by atoms with E-state index in [1.807, 2.05) is 31.2 Å². The molecule has 1 aliphatic rings. The van der Waals surface area contributed by atoms with Crippen LogP contribution in [0.2, 0.25) is 0 Å². The molecule has 2 aromatic rings. The van der Waals surface area contributed by atoms with E-state index in [0.717, 1.165) is 28.6 Å². The Balaban J connectivity index is 1.60. The van der Waals surface area contributed by atoms with Gasteiger partial charge in [0.1, 0.15) is 5.75 Å². The Morgan fingerprint density at radius 3 is 2.56 bits per heavy atom. The van der Waals surface area contributed by atoms with Crippen LogP contribution in [-0.2, 0) is 4.79 Å². The lowest BCUT2D eigenvalue weighted by Crippen LogP contribution is -2.50. The topological polar surface area (TPSA) is 67.3 Å². The molecule has 0 radical (unpaired) electrons. The number of methoxy groups -OCH3 is 1. The third-order valence-electron chi connectivity index (χ3n) is 4.82. The average Bonchev–Trinajstić information content (AvgIpc) is 3.09. The van der Waals surface area contributed by atoms with Crippen LogP contribution < -0.4 is 10.1 Å². The molecular weight excluding hydrogens is 380 g/mol. The van der Waals surface area contributed by atoms with Crippen LogP contribution >= 0.6 is 23.1 Å². The van der Waals surface area contributed by atoms with Crippen LogP contribution in [0.25, 0.3) is 0 Å². The Morgan fingerprint density at radius 2 is 1.93 bits per heavy atom. The molecule has 1 aromatic heterocycles. The number of likely N-dealkylation sites (tertiary alicyclic amines) is 1. The van der Waals surface area contributed by atoms with Gasteiger partial charge >= 0.3 is 0 Å². The van der Waals surface area contributed by atoms with Crippen molar-refractivity contribution >= 4 is 39.8 Å². The van der Waals surface area contributed by atoms with Gasteiger partial charge < -0.3 is 15.0 Å². The van der Waals surface area contributed by atoms with E-state index in [-0.39, 0.29) is 11.2 Å². The zero-order chi connectivity index (χ0) is 19.4. The van der Waals surface area contributed by atoms with E-state index in [2.05, 4.69) is 34.3 Å². The summed E-state index contributed by atoms with van der Waals surface area (Å²) in [4.78, 5) is 15.0. The molecule has 0 aliphatic carbocycles. The summed E-state index contributed by atoms with van der Waals surface area (Å²) in [7, 11) is 1.64. The van der Waals surface area contributed by atoms with Crippen molar-refractivity contribution in [2.45, 2.75) is 61.7 Å². The lowest BCUT2D eigenvalue weighted by molar-refractivity contribution is -0.136. The zero-order valence-electron chi connectivity index (χ0n) is 16.1. The molecule has 0 saturated carbocycles. The van der Waals surface area contributed by atoms with Gasteiger partial charge in [0.25, 0.3) is 0 Å². The van der Waals surface area contributed by atoms with E-state index in [4.69, 9.17) is 4.74 Å². The molecular formula is C19H26N4O2S2. The number of anilines is 2. The summed E-state index contributed by atoms with van der Waals surface area (Å²) in [6.45, 7) is 6.25. The van der Waals surface area contributed by atoms with Gasteiger partial charge in [-0.3, -0.25) is 4.79 Å². The number of amides is 1. The van der Waals surface area contributed by atoms with Gasteiger partial charge in [0, 0.05) is 17.8 Å². The van der Waals surface area contributed by atoms with Crippen LogP contribution in [0.1, 0.15) is 40.0 Å². The van der Waals surface area contributed by atoms with Gasteiger partial charge in [-0.05, 0) is 64.3 Å². The minimum atomic E-state index is -0.171. The molecule has 3 atom stereocenters. The van der Waals surface area contributed by atoms with Gasteiger partial charge in [-0.25, -0.2) is 0 Å². The fraction of sp³-hybridized carbons (Fsp3) is 0.526. The van der Waals surface area contributed by atoms with Crippen LogP contribution in [0.5, 0.6) is 5.75 Å². The third-order valence-corrected chi connectivity index (χ3v) is 6.83. The summed E-state index contributed by atoms with van der Waals surface area (Å²) in [5.41, 5.74) is 0.920. The summed E-state index contributed by atoms with van der Waals surface area (Å²) in [6, 6.07) is 8.26. The van der Waals surface area contributed by atoms with Gasteiger partial charge in [-0.1, -0.05) is 23.1 Å². The Morgan fingerprint density at radius 1 is 1.26 bits per heavy atom. The maximum absolute atomic E-state index is 12.9. The van der Waals surface area contributed by atoms with Crippen molar-refractivity contribution in [3.63, 3.8) is 0 Å². The first-order valence-corrected chi connectivity index (χ1v) is 10.9. The van der Waals surface area contributed by atoms with Crippen LogP contribution in [0.4, 0.5) is 10.8 Å². The molecule has 27 heavy (non-hydrogen) atoms. The number of benzene rings is 1. The van der Waals surface area contributed by atoms with Crippen LogP contribution in [0.15, 0.2) is 28.6 Å². The van der Waals surface area contributed by atoms with E-state index < -0.39 is 0 Å². The highest BCUT2D eigenvalue weighted by Gasteiger charge is 2.32. The van der Waals surface area contributed by atoms with Crippen molar-refractivity contribution in [3.05, 3.63) is 24.3 Å². The highest BCUT2D eigenvalue weighted by atomic mass is 32.2. The molecule has 1 amide bonds. The monoisotopic (exact) mass is 406 g/mol. The van der Waals surface area contributed by atoms with Gasteiger partial charge in [-0.2, -0.15) is 0 Å². The number of nitrogens with zero attached hydrogens (tertiary/aromatic N) is 3. The maximum Gasteiger partial charge on any atom is 0.236 e. The predicted molar refractivity (Wildman–Crippen MR) is 111 cm³/mol. The molecule has 1 aromatic carbocycles. The molecule has 6 nitrogen and oxygen atoms in total. The number of aromatic nitrogens is 2. The standard InChI is InChI=1S/C19H26N4O2S2/c1-12-6-5-7-13(2)23(12)17(24)14(3)26-19-22-21-18(27-19)20-15-8-10-16(25-4)11-9-15/h8-14H,5-7H2,1-4H3,(H,20,21)/t12-,13-,14+/m0/s1. The van der Waals surface area contributed by atoms with E-state index in [1.54, 1.807) is 7.11 Å². The summed E-state index contributed by atoms with van der Waals surface area (Å²) >= 11 is 2.94. The smallest absolute Gasteiger partial charge is 0.236 e. The number of hydrogen-bond acceptors (Lipinski definition) is 7. The van der Waals surface area contributed by atoms with Gasteiger partial charge in [0.2, 0.25) is 11.0 Å². The van der Waals surface area contributed by atoms with Crippen LogP contribution in [-0.4, -0.2) is 45.4 Å². The second-order valence-electron chi connectivity index (χ2n) is 6.86. The number of hydrogen-bond donors (Lipinski definition) is 1. The Kier molecular flexibility index (Phi) is 6.59. The number of rotatable bonds is 6. The van der Waals surface area contributed by atoms with Gasteiger partial charge in [-0.15, -0.1) is 10.2 Å². The number of ether oxygens (including phenoxy) is 1. The normalized spacial score (nSPS) is 21.0. The van der Waals surface area contributed by atoms with Gasteiger partial charge in [0.05, 0.1) is 12.4 Å². The first kappa shape index (κ1) is 19.9. The lowest BCUT2D eigenvalue weighted by Gasteiger charge is -2.40. The molecule has 2 heterocycles. The van der Waals surface area contributed by atoms with Crippen LogP contribution in [0, 0.1) is 0 Å². The van der Waals surface area contributed by atoms with E-state index in [0.29, 0.717) is 17.2 Å². The van der Waals surface area contributed by atoms with Crippen molar-refractivity contribution in [1.82, 2.24) is 15.1 Å². The molecule has 0 spiro atoms. The highest BCUT2D eigenvalue weighted by Crippen LogP contribution is 2.33. The van der Waals surface area contributed by atoms with Crippen molar-refractivity contribution < 1.29 is 9.53 Å². The van der Waals surface area contributed by atoms with Crippen LogP contribution in [0.3, 0.4) is 0 Å². The van der Waals surface area contributed by atoms with Crippen molar-refractivity contribution in [1.29, 1.82) is 0 Å². The maximum atomic E-state index is 12.9. The number of carbonyl (C=O) groups excluding carboxylic acids is 1. The molecule has 1 fully saturated rings. The summed E-state index contributed by atoms with van der Waals surface area (Å²) < 4.78 is 5.96. The van der Waals surface area contributed by atoms with E-state index >= 15 is 0 Å². The largest absolute Gasteiger partial charge is 0.497 e. The molecule has 0 unspecified atom stereocenters. The molecule has 8 heteroatoms. The lowest BCUT2D eigenvalue weighted by atomic mass is 9.97. The molecule has 1 N–H and O–H groups in total. The van der Waals surface area contributed by atoms with E-state index in [9.17, 15) is 4.79 Å². The second-order valence-corrected chi connectivity index (χ2v) is 9.43. The van der Waals surface area contributed by atoms with Crippen molar-refractivity contribution in [3.8, 4) is 5.75 Å². The first-order chi connectivity index (χ1) is 13.0. The van der Waals surface area contributed by atoms with Crippen molar-refractivity contribution in [2.24, 2.45) is 0 Å². The quantitative estimate of drug-likeness (QED) is 0.709. The fourth-order valence-electron chi connectivity index (χ4n) is 3.37. The van der Waals surface area contributed by atoms with E-state index in [1.165, 1.54) is 29.5 Å². The molecule has 1 saturated heterocycles. The fourth-order valence-corrected chi connectivity index (χ4v) is 5.35. The summed E-state index contributed by atoms with van der Waals surface area (Å²) in [5, 5.41) is 12.2. The molecule has 1 aliphatic heterocycles. The minimum Gasteiger partial charge on any atom is -0.497 e. The Hall–Kier alpha value is -1.80. The third kappa shape index (κ3) is 4.93. The van der Waals surface area contributed by atoms with Gasteiger partial charge in [0.15, 0.2) is 4.34 Å². The Labute approximate surface area is 168 Å². The average molecular weight is 407 g/mol. The Bertz CT molecular complexity index is 755. The molecule has 146 valence electrons. The number of thioether (sulfide) groups is 1. The molecule has 3 rings (SSSR count). The first-order valence-electron chi connectivity index (χ1n) is 9.21. The summed E-state index contributed by atoms with van der Waals surface area (Å²) in [5.74, 6) is 1.00. The minimum absolute atomic E-state index is 0.171. The summed E-state index contributed by atoms with van der Waals surface area (Å²) in [6.07, 6.45) is 3.37. The zero-order valence-corrected chi connectivity index (χ0v) is 17.8. The highest BCUT2D eigenvalue weighted by molar-refractivity contribution is 8.02. The number of carbonyl (C=O) groups is 1. The SMILES string of the molecule is COc1ccc(Nc2nnc(S[C@H](C)C(=O)N3[C@@H](C)CCC[C@@H]3C)s2)cc1. The van der Waals surface area contributed by atoms with Crippen molar-refractivity contribution in [2.75, 3.05) is 12.4 Å². The molecule has 0 bridgehead atoms. The second kappa shape index (κ2) is 8.93.